The summed E-state index contributed by atoms with van der Waals surface area (Å²) in [5.74, 6) is 0.000787. The van der Waals surface area contributed by atoms with Crippen molar-refractivity contribution < 1.29 is 9.53 Å². The first-order chi connectivity index (χ1) is 9.34. The van der Waals surface area contributed by atoms with E-state index in [-0.39, 0.29) is 11.9 Å². The van der Waals surface area contributed by atoms with Gasteiger partial charge in [-0.15, -0.1) is 0 Å². The van der Waals surface area contributed by atoms with Gasteiger partial charge in [0.1, 0.15) is 0 Å². The minimum absolute atomic E-state index is 0.000787. The normalized spacial score (nSPS) is 26.5. The van der Waals surface area contributed by atoms with Crippen LogP contribution in [-0.2, 0) is 16.0 Å². The molecule has 1 amide bonds. The maximum atomic E-state index is 12.4. The number of hydrogen-bond donors (Lipinski definition) is 2. The molecule has 1 aromatic rings. The van der Waals surface area contributed by atoms with Gasteiger partial charge >= 0.3 is 0 Å². The Morgan fingerprint density at radius 3 is 3.11 bits per heavy atom. The number of benzene rings is 1. The molecule has 2 aliphatic heterocycles. The van der Waals surface area contributed by atoms with Gasteiger partial charge in [0.2, 0.25) is 0 Å². The molecule has 1 saturated heterocycles. The highest BCUT2D eigenvalue weighted by atomic mass is 16.5. The van der Waals surface area contributed by atoms with Gasteiger partial charge in [-0.2, -0.15) is 0 Å². The van der Waals surface area contributed by atoms with Crippen molar-refractivity contribution in [2.45, 2.75) is 31.4 Å². The summed E-state index contributed by atoms with van der Waals surface area (Å²) in [5.41, 5.74) is 2.26. The van der Waals surface area contributed by atoms with E-state index in [1.165, 1.54) is 5.56 Å². The van der Waals surface area contributed by atoms with Gasteiger partial charge in [-0.25, -0.2) is 0 Å². The van der Waals surface area contributed by atoms with E-state index in [0.717, 1.165) is 37.9 Å². The third-order valence-corrected chi connectivity index (χ3v) is 3.87. The monoisotopic (exact) mass is 260 g/mol. The summed E-state index contributed by atoms with van der Waals surface area (Å²) >= 11 is 0. The van der Waals surface area contributed by atoms with Gasteiger partial charge in [0.15, 0.2) is 6.10 Å². The molecular formula is C15H20N2O2. The van der Waals surface area contributed by atoms with Crippen LogP contribution >= 0.6 is 0 Å². The second kappa shape index (κ2) is 5.72. The second-order valence-corrected chi connectivity index (χ2v) is 5.25. The van der Waals surface area contributed by atoms with Crippen LogP contribution in [0.4, 0.5) is 0 Å². The van der Waals surface area contributed by atoms with E-state index in [2.05, 4.69) is 16.7 Å². The fraction of sp³-hybridized carbons (Fsp3) is 0.533. The number of rotatable bonds is 2. The summed E-state index contributed by atoms with van der Waals surface area (Å²) in [5, 5.41) is 6.41. The molecule has 0 radical (unpaired) electrons. The number of fused-ring (bicyclic) bond motifs is 1. The minimum atomic E-state index is -0.438. The molecule has 2 heterocycles. The lowest BCUT2D eigenvalue weighted by Crippen LogP contribution is -2.47. The Hall–Kier alpha value is -1.39. The van der Waals surface area contributed by atoms with Gasteiger partial charge < -0.3 is 15.4 Å². The van der Waals surface area contributed by atoms with E-state index < -0.39 is 6.10 Å². The summed E-state index contributed by atoms with van der Waals surface area (Å²) in [7, 11) is 0. The zero-order valence-electron chi connectivity index (χ0n) is 11.0. The summed E-state index contributed by atoms with van der Waals surface area (Å²) < 4.78 is 5.68. The minimum Gasteiger partial charge on any atom is -0.363 e. The van der Waals surface area contributed by atoms with Crippen LogP contribution in [0.25, 0.3) is 0 Å². The van der Waals surface area contributed by atoms with E-state index >= 15 is 0 Å². The standard InChI is InChI=1S/C15H20N2O2/c18-15(17-12-5-3-8-16-10-12)14-13-6-2-1-4-11(13)7-9-19-14/h1-2,4,6,12,14,16H,3,5,7-10H2,(H,17,18)/t12-,14?/m1/s1. The third kappa shape index (κ3) is 2.80. The van der Waals surface area contributed by atoms with E-state index in [1.807, 2.05) is 18.2 Å². The first kappa shape index (κ1) is 12.6. The molecule has 2 atom stereocenters. The molecule has 19 heavy (non-hydrogen) atoms. The molecule has 0 saturated carbocycles. The summed E-state index contributed by atoms with van der Waals surface area (Å²) in [6.45, 7) is 2.53. The van der Waals surface area contributed by atoms with Gasteiger partial charge in [0, 0.05) is 12.6 Å². The SMILES string of the molecule is O=C(N[C@@H]1CCCNC1)C1OCCc2ccccc21. The molecule has 1 aromatic carbocycles. The number of amides is 1. The first-order valence-electron chi connectivity index (χ1n) is 7.05. The van der Waals surface area contributed by atoms with Gasteiger partial charge in [0.25, 0.3) is 5.91 Å². The third-order valence-electron chi connectivity index (χ3n) is 3.87. The smallest absolute Gasteiger partial charge is 0.254 e. The molecule has 0 aromatic heterocycles. The molecule has 2 N–H and O–H groups in total. The average Bonchev–Trinajstić information content (AvgIpc) is 2.47. The Morgan fingerprint density at radius 1 is 1.37 bits per heavy atom. The van der Waals surface area contributed by atoms with Crippen LogP contribution in [0, 0.1) is 0 Å². The van der Waals surface area contributed by atoms with Crippen molar-refractivity contribution >= 4 is 5.91 Å². The van der Waals surface area contributed by atoms with E-state index in [4.69, 9.17) is 4.74 Å². The van der Waals surface area contributed by atoms with Gasteiger partial charge in [-0.05, 0) is 36.9 Å². The summed E-state index contributed by atoms with van der Waals surface area (Å²) in [6.07, 6.45) is 2.62. The topological polar surface area (TPSA) is 50.4 Å². The fourth-order valence-corrected chi connectivity index (χ4v) is 2.86. The lowest BCUT2D eigenvalue weighted by Gasteiger charge is -2.29. The predicted octanol–water partition coefficient (Wildman–Crippen LogP) is 1.17. The van der Waals surface area contributed by atoms with E-state index in [9.17, 15) is 4.79 Å². The summed E-state index contributed by atoms with van der Waals surface area (Å²) in [4.78, 5) is 12.4. The van der Waals surface area contributed by atoms with Crippen LogP contribution < -0.4 is 10.6 Å². The number of carbonyl (C=O) groups excluding carboxylic acids is 1. The molecule has 1 fully saturated rings. The predicted molar refractivity (Wildman–Crippen MR) is 72.9 cm³/mol. The number of carbonyl (C=O) groups is 1. The number of piperidine rings is 1. The lowest BCUT2D eigenvalue weighted by atomic mass is 9.96. The fourth-order valence-electron chi connectivity index (χ4n) is 2.86. The van der Waals surface area contributed by atoms with Crippen molar-refractivity contribution in [2.24, 2.45) is 0 Å². The van der Waals surface area contributed by atoms with E-state index in [0.29, 0.717) is 6.61 Å². The average molecular weight is 260 g/mol. The Bertz CT molecular complexity index is 455. The molecule has 1 unspecified atom stereocenters. The highest BCUT2D eigenvalue weighted by molar-refractivity contribution is 5.83. The maximum Gasteiger partial charge on any atom is 0.254 e. The quantitative estimate of drug-likeness (QED) is 0.839. The summed E-state index contributed by atoms with van der Waals surface area (Å²) in [6, 6.07) is 8.30. The van der Waals surface area contributed by atoms with Crippen molar-refractivity contribution in [2.75, 3.05) is 19.7 Å². The lowest BCUT2D eigenvalue weighted by molar-refractivity contribution is -0.135. The van der Waals surface area contributed by atoms with Gasteiger partial charge in [-0.1, -0.05) is 24.3 Å². The molecule has 2 aliphatic rings. The van der Waals surface area contributed by atoms with Crippen LogP contribution in [0.1, 0.15) is 30.1 Å². The zero-order valence-corrected chi connectivity index (χ0v) is 11.0. The Kier molecular flexibility index (Phi) is 3.80. The second-order valence-electron chi connectivity index (χ2n) is 5.25. The van der Waals surface area contributed by atoms with Crippen molar-refractivity contribution in [3.05, 3.63) is 35.4 Å². The van der Waals surface area contributed by atoms with Gasteiger partial charge in [0.05, 0.1) is 6.61 Å². The molecule has 0 bridgehead atoms. The largest absolute Gasteiger partial charge is 0.363 e. The molecule has 102 valence electrons. The Morgan fingerprint density at radius 2 is 2.26 bits per heavy atom. The Balaban J connectivity index is 1.70. The van der Waals surface area contributed by atoms with E-state index in [1.54, 1.807) is 0 Å². The highest BCUT2D eigenvalue weighted by Gasteiger charge is 2.28. The number of ether oxygens (including phenoxy) is 1. The number of nitrogens with one attached hydrogen (secondary N) is 2. The Labute approximate surface area is 113 Å². The van der Waals surface area contributed by atoms with Crippen LogP contribution in [0.5, 0.6) is 0 Å². The van der Waals surface area contributed by atoms with Crippen molar-refractivity contribution in [3.8, 4) is 0 Å². The molecule has 0 aliphatic carbocycles. The molecule has 0 spiro atoms. The van der Waals surface area contributed by atoms with Crippen molar-refractivity contribution in [1.29, 1.82) is 0 Å². The zero-order chi connectivity index (χ0) is 13.1. The van der Waals surface area contributed by atoms with Crippen molar-refractivity contribution in [3.63, 3.8) is 0 Å². The first-order valence-corrected chi connectivity index (χ1v) is 7.05. The van der Waals surface area contributed by atoms with Crippen LogP contribution in [0.2, 0.25) is 0 Å². The number of hydrogen-bond acceptors (Lipinski definition) is 3. The maximum absolute atomic E-state index is 12.4. The highest BCUT2D eigenvalue weighted by Crippen LogP contribution is 2.27. The van der Waals surface area contributed by atoms with Crippen LogP contribution in [0.3, 0.4) is 0 Å². The van der Waals surface area contributed by atoms with Crippen LogP contribution in [0.15, 0.2) is 24.3 Å². The molecule has 4 nitrogen and oxygen atoms in total. The van der Waals surface area contributed by atoms with Gasteiger partial charge in [-0.3, -0.25) is 4.79 Å². The van der Waals surface area contributed by atoms with Crippen molar-refractivity contribution in [1.82, 2.24) is 10.6 Å². The van der Waals surface area contributed by atoms with Crippen LogP contribution in [-0.4, -0.2) is 31.6 Å². The molecular weight excluding hydrogens is 240 g/mol. The molecule has 3 rings (SSSR count). The molecule has 4 heteroatoms.